The number of anilines is 1. The fourth-order valence-corrected chi connectivity index (χ4v) is 3.63. The van der Waals surface area contributed by atoms with Gasteiger partial charge in [-0.05, 0) is 55.5 Å². The van der Waals surface area contributed by atoms with E-state index in [-0.39, 0.29) is 10.7 Å². The van der Waals surface area contributed by atoms with Crippen LogP contribution in [0.5, 0.6) is 0 Å². The highest BCUT2D eigenvalue weighted by molar-refractivity contribution is 7.89. The number of halogens is 1. The second-order valence-electron chi connectivity index (χ2n) is 7.20. The molecule has 1 amide bonds. The number of rotatable bonds is 5. The first-order valence-corrected chi connectivity index (χ1v) is 11.1. The van der Waals surface area contributed by atoms with Gasteiger partial charge in [0.15, 0.2) is 0 Å². The summed E-state index contributed by atoms with van der Waals surface area (Å²) in [5, 5.41) is 12.4. The molecule has 32 heavy (non-hydrogen) atoms. The Morgan fingerprint density at radius 1 is 0.969 bits per heavy atom. The molecule has 0 aliphatic rings. The molecule has 4 aromatic rings. The van der Waals surface area contributed by atoms with Crippen LogP contribution in [0.4, 0.5) is 10.1 Å². The van der Waals surface area contributed by atoms with Crippen molar-refractivity contribution in [2.24, 2.45) is 5.14 Å². The van der Waals surface area contributed by atoms with Crippen molar-refractivity contribution in [3.8, 4) is 16.9 Å². The van der Waals surface area contributed by atoms with Crippen LogP contribution in [-0.4, -0.2) is 24.1 Å². The summed E-state index contributed by atoms with van der Waals surface area (Å²) in [6, 6.07) is 18.9. The number of nitrogens with one attached hydrogen (secondary N) is 1. The van der Waals surface area contributed by atoms with Crippen LogP contribution < -0.4 is 10.5 Å². The molecule has 3 aromatic carbocycles. The van der Waals surface area contributed by atoms with Gasteiger partial charge >= 0.3 is 0 Å². The van der Waals surface area contributed by atoms with Gasteiger partial charge in [0.2, 0.25) is 10.0 Å². The molecule has 0 aliphatic carbocycles. The molecule has 1 aromatic heterocycles. The number of sulfonamides is 1. The van der Waals surface area contributed by atoms with Crippen LogP contribution in [0.2, 0.25) is 0 Å². The fraction of sp³-hybridized carbons (Fsp3) is 0.0435. The number of carbonyl (C=O) groups excluding carboxylic acids is 1. The minimum atomic E-state index is -3.83. The molecule has 0 radical (unpaired) electrons. The van der Waals surface area contributed by atoms with Crippen molar-refractivity contribution in [1.82, 2.24) is 9.78 Å². The minimum absolute atomic E-state index is 0.0556. The Kier molecular flexibility index (Phi) is 5.60. The normalized spacial score (nSPS) is 11.3. The largest absolute Gasteiger partial charge is 0.322 e. The number of nitrogens with zero attached hydrogens (tertiary/aromatic N) is 2. The third kappa shape index (κ3) is 4.58. The zero-order chi connectivity index (χ0) is 22.9. The van der Waals surface area contributed by atoms with Gasteiger partial charge in [0.1, 0.15) is 11.5 Å². The Bertz CT molecular complexity index is 1380. The van der Waals surface area contributed by atoms with E-state index in [1.165, 1.54) is 41.1 Å². The summed E-state index contributed by atoms with van der Waals surface area (Å²) in [5.41, 5.74) is 3.55. The van der Waals surface area contributed by atoms with Crippen molar-refractivity contribution >= 4 is 21.6 Å². The van der Waals surface area contributed by atoms with Crippen LogP contribution in [0, 0.1) is 12.7 Å². The fourth-order valence-electron chi connectivity index (χ4n) is 3.12. The SMILES string of the molecule is Cc1ccc(-c2nn(-c3ccc(F)cc3)cc2C(=O)Nc2ccc(S(N)(=O)=O)cc2)cc1. The van der Waals surface area contributed by atoms with Crippen LogP contribution in [0.25, 0.3) is 16.9 Å². The molecule has 0 aliphatic heterocycles. The summed E-state index contributed by atoms with van der Waals surface area (Å²) in [5.74, 6) is -0.808. The van der Waals surface area contributed by atoms with Crippen molar-refractivity contribution < 1.29 is 17.6 Å². The number of benzene rings is 3. The summed E-state index contributed by atoms with van der Waals surface area (Å²) in [6.45, 7) is 1.96. The molecule has 0 fully saturated rings. The number of aryl methyl sites for hydroxylation is 1. The predicted molar refractivity (Wildman–Crippen MR) is 119 cm³/mol. The van der Waals surface area contributed by atoms with E-state index in [2.05, 4.69) is 10.4 Å². The van der Waals surface area contributed by atoms with Crippen molar-refractivity contribution in [1.29, 1.82) is 0 Å². The Morgan fingerprint density at radius 2 is 1.59 bits per heavy atom. The maximum atomic E-state index is 13.3. The standard InChI is InChI=1S/C23H19FN4O3S/c1-15-2-4-16(5-3-15)22-21(14-28(27-22)19-10-6-17(24)7-11-19)23(29)26-18-8-12-20(13-9-18)32(25,30)31/h2-14H,1H3,(H,26,29)(H2,25,30,31). The van der Waals surface area contributed by atoms with Crippen LogP contribution in [-0.2, 0) is 10.0 Å². The second kappa shape index (κ2) is 8.37. The third-order valence-corrected chi connectivity index (χ3v) is 5.74. The zero-order valence-corrected chi connectivity index (χ0v) is 17.8. The summed E-state index contributed by atoms with van der Waals surface area (Å²) < 4.78 is 37.7. The molecular formula is C23H19FN4O3S. The molecule has 9 heteroatoms. The van der Waals surface area contributed by atoms with Gasteiger partial charge in [0.05, 0.1) is 16.1 Å². The third-order valence-electron chi connectivity index (χ3n) is 4.82. The van der Waals surface area contributed by atoms with Crippen LogP contribution in [0.15, 0.2) is 83.9 Å². The van der Waals surface area contributed by atoms with Gasteiger partial charge in [-0.3, -0.25) is 4.79 Å². The first-order valence-electron chi connectivity index (χ1n) is 9.57. The minimum Gasteiger partial charge on any atom is -0.322 e. The van der Waals surface area contributed by atoms with Crippen molar-refractivity contribution in [3.05, 3.63) is 95.9 Å². The van der Waals surface area contributed by atoms with E-state index in [1.807, 2.05) is 31.2 Å². The van der Waals surface area contributed by atoms with Gasteiger partial charge in [0.25, 0.3) is 5.91 Å². The Labute approximate surface area is 184 Å². The van der Waals surface area contributed by atoms with E-state index in [0.29, 0.717) is 22.6 Å². The number of primary sulfonamides is 1. The molecule has 4 rings (SSSR count). The number of amides is 1. The van der Waals surface area contributed by atoms with E-state index in [9.17, 15) is 17.6 Å². The highest BCUT2D eigenvalue weighted by atomic mass is 32.2. The Morgan fingerprint density at radius 3 is 2.19 bits per heavy atom. The first kappa shape index (κ1) is 21.4. The molecule has 3 N–H and O–H groups in total. The lowest BCUT2D eigenvalue weighted by Crippen LogP contribution is -2.14. The van der Waals surface area contributed by atoms with Gasteiger partial charge in [-0.1, -0.05) is 29.8 Å². The highest BCUT2D eigenvalue weighted by Gasteiger charge is 2.19. The van der Waals surface area contributed by atoms with Gasteiger partial charge in [-0.25, -0.2) is 22.6 Å². The van der Waals surface area contributed by atoms with Crippen molar-refractivity contribution in [2.75, 3.05) is 5.32 Å². The average molecular weight is 450 g/mol. The van der Waals surface area contributed by atoms with Crippen LogP contribution >= 0.6 is 0 Å². The second-order valence-corrected chi connectivity index (χ2v) is 8.76. The molecule has 7 nitrogen and oxygen atoms in total. The molecule has 0 bridgehead atoms. The number of nitrogens with two attached hydrogens (primary N) is 1. The van der Waals surface area contributed by atoms with Gasteiger partial charge in [0, 0.05) is 17.4 Å². The summed E-state index contributed by atoms with van der Waals surface area (Å²) in [7, 11) is -3.83. The molecule has 1 heterocycles. The van der Waals surface area contributed by atoms with E-state index < -0.39 is 15.9 Å². The van der Waals surface area contributed by atoms with Crippen molar-refractivity contribution in [3.63, 3.8) is 0 Å². The lowest BCUT2D eigenvalue weighted by atomic mass is 10.1. The van der Waals surface area contributed by atoms with Crippen LogP contribution in [0.1, 0.15) is 15.9 Å². The van der Waals surface area contributed by atoms with Crippen molar-refractivity contribution in [2.45, 2.75) is 11.8 Å². The Balaban J connectivity index is 1.71. The zero-order valence-electron chi connectivity index (χ0n) is 17.0. The predicted octanol–water partition coefficient (Wildman–Crippen LogP) is 3.89. The number of carbonyl (C=O) groups is 1. The van der Waals surface area contributed by atoms with Gasteiger partial charge < -0.3 is 5.32 Å². The maximum absolute atomic E-state index is 13.3. The van der Waals surface area contributed by atoms with Gasteiger partial charge in [-0.15, -0.1) is 0 Å². The van der Waals surface area contributed by atoms with Crippen LogP contribution in [0.3, 0.4) is 0 Å². The topological polar surface area (TPSA) is 107 Å². The van der Waals surface area contributed by atoms with E-state index >= 15 is 0 Å². The number of hydrogen-bond acceptors (Lipinski definition) is 4. The average Bonchev–Trinajstić information content (AvgIpc) is 3.20. The molecule has 0 saturated heterocycles. The number of aromatic nitrogens is 2. The maximum Gasteiger partial charge on any atom is 0.259 e. The molecule has 0 atom stereocenters. The molecule has 162 valence electrons. The molecule has 0 unspecified atom stereocenters. The van der Waals surface area contributed by atoms with E-state index in [1.54, 1.807) is 18.3 Å². The molecule has 0 spiro atoms. The quantitative estimate of drug-likeness (QED) is 0.481. The number of hydrogen-bond donors (Lipinski definition) is 2. The summed E-state index contributed by atoms with van der Waals surface area (Å²) in [6.07, 6.45) is 1.57. The van der Waals surface area contributed by atoms with E-state index in [4.69, 9.17) is 5.14 Å². The first-order chi connectivity index (χ1) is 15.2. The van der Waals surface area contributed by atoms with Gasteiger partial charge in [-0.2, -0.15) is 5.10 Å². The Hall–Kier alpha value is -3.82. The monoisotopic (exact) mass is 450 g/mol. The lowest BCUT2D eigenvalue weighted by molar-refractivity contribution is 0.102. The summed E-state index contributed by atoms with van der Waals surface area (Å²) >= 11 is 0. The molecule has 0 saturated carbocycles. The van der Waals surface area contributed by atoms with E-state index in [0.717, 1.165) is 11.1 Å². The highest BCUT2D eigenvalue weighted by Crippen LogP contribution is 2.25. The lowest BCUT2D eigenvalue weighted by Gasteiger charge is -2.06. The summed E-state index contributed by atoms with van der Waals surface area (Å²) in [4.78, 5) is 13.0. The smallest absolute Gasteiger partial charge is 0.259 e. The molecular weight excluding hydrogens is 431 g/mol.